The zero-order valence-corrected chi connectivity index (χ0v) is 22.4. The van der Waals surface area contributed by atoms with Crippen molar-refractivity contribution in [1.82, 2.24) is 14.9 Å². The number of hydrogen-bond donors (Lipinski definition) is 0. The molecule has 1 saturated heterocycles. The van der Waals surface area contributed by atoms with Crippen LogP contribution < -0.4 is 0 Å². The number of carbonyl (C=O) groups is 1. The minimum absolute atomic E-state index is 0.112. The number of pyridine rings is 1. The van der Waals surface area contributed by atoms with Crippen LogP contribution in [0.5, 0.6) is 0 Å². The van der Waals surface area contributed by atoms with Crippen molar-refractivity contribution in [3.05, 3.63) is 70.4 Å². The summed E-state index contributed by atoms with van der Waals surface area (Å²) in [6.07, 6.45) is 6.20. The van der Waals surface area contributed by atoms with Crippen molar-refractivity contribution in [3.63, 3.8) is 0 Å². The minimum atomic E-state index is 0.112. The summed E-state index contributed by atoms with van der Waals surface area (Å²) in [6, 6.07) is 17.1. The highest BCUT2D eigenvalue weighted by Gasteiger charge is 2.26. The third kappa shape index (κ3) is 4.80. The summed E-state index contributed by atoms with van der Waals surface area (Å²) in [5, 5.41) is 2.14. The van der Waals surface area contributed by atoms with Crippen molar-refractivity contribution in [2.24, 2.45) is 0 Å². The Labute approximate surface area is 222 Å². The molecule has 6 heteroatoms. The molecule has 6 rings (SSSR count). The summed E-state index contributed by atoms with van der Waals surface area (Å²) in [7, 11) is 0. The Kier molecular flexibility index (Phi) is 6.78. The molecule has 190 valence electrons. The normalized spacial score (nSPS) is 16.9. The van der Waals surface area contributed by atoms with Crippen molar-refractivity contribution in [3.8, 4) is 21.7 Å². The lowest BCUT2D eigenvalue weighted by Gasteiger charge is -2.30. The maximum Gasteiger partial charge on any atom is 0.254 e. The number of aryl methyl sites for hydroxylation is 2. The highest BCUT2D eigenvalue weighted by molar-refractivity contribution is 7.15. The first kappa shape index (κ1) is 24.3. The Hall–Kier alpha value is -3.09. The van der Waals surface area contributed by atoms with Gasteiger partial charge in [0.15, 0.2) is 0 Å². The van der Waals surface area contributed by atoms with Gasteiger partial charge in [-0.2, -0.15) is 0 Å². The van der Waals surface area contributed by atoms with Gasteiger partial charge < -0.3 is 9.64 Å². The van der Waals surface area contributed by atoms with Crippen LogP contribution in [0.4, 0.5) is 0 Å². The third-order valence-electron chi connectivity index (χ3n) is 7.78. The smallest absolute Gasteiger partial charge is 0.254 e. The molecule has 4 aromatic rings. The first-order valence-corrected chi connectivity index (χ1v) is 14.3. The molecular formula is C31H33N3O2S. The van der Waals surface area contributed by atoms with E-state index >= 15 is 0 Å². The van der Waals surface area contributed by atoms with Gasteiger partial charge >= 0.3 is 0 Å². The summed E-state index contributed by atoms with van der Waals surface area (Å²) >= 11 is 1.69. The number of aromatic nitrogens is 2. The third-order valence-corrected chi connectivity index (χ3v) is 8.88. The zero-order valence-electron chi connectivity index (χ0n) is 21.6. The van der Waals surface area contributed by atoms with Gasteiger partial charge in [-0.1, -0.05) is 43.5 Å². The first-order valence-electron chi connectivity index (χ1n) is 13.4. The van der Waals surface area contributed by atoms with Crippen LogP contribution in [0.2, 0.25) is 0 Å². The number of nitrogens with zero attached hydrogens (tertiary/aromatic N) is 3. The molecule has 0 N–H and O–H groups in total. The molecule has 1 aliphatic carbocycles. The number of ether oxygens (including phenoxy) is 1. The summed E-state index contributed by atoms with van der Waals surface area (Å²) < 4.78 is 5.51. The Morgan fingerprint density at radius 3 is 2.54 bits per heavy atom. The van der Waals surface area contributed by atoms with Crippen LogP contribution in [0.1, 0.15) is 64.6 Å². The summed E-state index contributed by atoms with van der Waals surface area (Å²) in [5.41, 5.74) is 7.29. The van der Waals surface area contributed by atoms with Gasteiger partial charge in [-0.3, -0.25) is 4.79 Å². The molecular weight excluding hydrogens is 478 g/mol. The van der Waals surface area contributed by atoms with E-state index < -0.39 is 0 Å². The number of benzene rings is 2. The van der Waals surface area contributed by atoms with Crippen LogP contribution in [0, 0.1) is 13.8 Å². The molecule has 2 aromatic carbocycles. The predicted octanol–water partition coefficient (Wildman–Crippen LogP) is 7.16. The average Bonchev–Trinajstić information content (AvgIpc) is 3.30. The maximum atomic E-state index is 13.8. The lowest BCUT2D eigenvalue weighted by atomic mass is 9.79. The van der Waals surface area contributed by atoms with E-state index in [4.69, 9.17) is 9.72 Å². The standard InChI is InChI=1S/C31H33N3O2S/c1-20-30(37-21(2)32-20)28-14-11-23-19-24(12-13-27(23)33-28)29-25(22-7-4-3-5-8-22)9-6-10-26(29)31(35)34-15-17-36-18-16-34/h6,9-14,19,22H,3-5,7-8,15-18H2,1-2H3. The molecule has 0 atom stereocenters. The Balaban J connectivity index is 1.45. The molecule has 37 heavy (non-hydrogen) atoms. The van der Waals surface area contributed by atoms with Crippen molar-refractivity contribution < 1.29 is 9.53 Å². The molecule has 0 bridgehead atoms. The second-order valence-corrected chi connectivity index (χ2v) is 11.5. The minimum Gasteiger partial charge on any atom is -0.378 e. The van der Waals surface area contributed by atoms with E-state index in [1.54, 1.807) is 11.3 Å². The Morgan fingerprint density at radius 2 is 1.78 bits per heavy atom. The number of thiazole rings is 1. The van der Waals surface area contributed by atoms with E-state index in [1.807, 2.05) is 24.8 Å². The average molecular weight is 512 g/mol. The highest BCUT2D eigenvalue weighted by atomic mass is 32.1. The fourth-order valence-electron chi connectivity index (χ4n) is 5.94. The van der Waals surface area contributed by atoms with Gasteiger partial charge in [-0.25, -0.2) is 9.97 Å². The van der Waals surface area contributed by atoms with Crippen LogP contribution >= 0.6 is 11.3 Å². The van der Waals surface area contributed by atoms with Gasteiger partial charge in [0.1, 0.15) is 0 Å². The van der Waals surface area contributed by atoms with Gasteiger partial charge in [-0.05, 0) is 73.6 Å². The summed E-state index contributed by atoms with van der Waals surface area (Å²) in [6.45, 7) is 6.58. The largest absolute Gasteiger partial charge is 0.378 e. The number of hydrogen-bond acceptors (Lipinski definition) is 5. The number of morpholine rings is 1. The molecule has 0 radical (unpaired) electrons. The van der Waals surface area contributed by atoms with E-state index in [2.05, 4.69) is 47.4 Å². The van der Waals surface area contributed by atoms with Crippen LogP contribution in [0.3, 0.4) is 0 Å². The number of carbonyl (C=O) groups excluding carboxylic acids is 1. The molecule has 3 heterocycles. The lowest BCUT2D eigenvalue weighted by molar-refractivity contribution is 0.0303. The summed E-state index contributed by atoms with van der Waals surface area (Å²) in [5.74, 6) is 0.607. The van der Waals surface area contributed by atoms with Gasteiger partial charge in [0, 0.05) is 24.0 Å². The van der Waals surface area contributed by atoms with E-state index in [1.165, 1.54) is 37.7 Å². The van der Waals surface area contributed by atoms with Crippen molar-refractivity contribution in [2.45, 2.75) is 51.9 Å². The molecule has 2 aromatic heterocycles. The maximum absolute atomic E-state index is 13.8. The molecule has 0 spiro atoms. The molecule has 1 saturated carbocycles. The Bertz CT molecular complexity index is 1450. The molecule has 5 nitrogen and oxygen atoms in total. The van der Waals surface area contributed by atoms with E-state index in [-0.39, 0.29) is 5.91 Å². The molecule has 1 aliphatic heterocycles. The van der Waals surface area contributed by atoms with Gasteiger partial charge in [0.05, 0.1) is 40.0 Å². The number of amides is 1. The molecule has 1 amide bonds. The SMILES string of the molecule is Cc1nc(C)c(-c2ccc3cc(-c4c(C(=O)N5CCOCC5)cccc4C4CCCCC4)ccc3n2)s1. The fraction of sp³-hybridized carbons (Fsp3) is 0.387. The fourth-order valence-corrected chi connectivity index (χ4v) is 6.83. The van der Waals surface area contributed by atoms with Gasteiger partial charge in [-0.15, -0.1) is 11.3 Å². The monoisotopic (exact) mass is 511 g/mol. The van der Waals surface area contributed by atoms with Crippen LogP contribution in [0.25, 0.3) is 32.6 Å². The second-order valence-electron chi connectivity index (χ2n) is 10.3. The van der Waals surface area contributed by atoms with E-state index in [0.29, 0.717) is 32.2 Å². The van der Waals surface area contributed by atoms with E-state index in [0.717, 1.165) is 48.9 Å². The van der Waals surface area contributed by atoms with Crippen LogP contribution in [-0.4, -0.2) is 47.1 Å². The van der Waals surface area contributed by atoms with Crippen molar-refractivity contribution >= 4 is 28.1 Å². The zero-order chi connectivity index (χ0) is 25.4. The van der Waals surface area contributed by atoms with Crippen LogP contribution in [-0.2, 0) is 4.74 Å². The van der Waals surface area contributed by atoms with Gasteiger partial charge in [0.25, 0.3) is 5.91 Å². The van der Waals surface area contributed by atoms with Crippen LogP contribution in [0.15, 0.2) is 48.5 Å². The molecule has 0 unspecified atom stereocenters. The first-order chi connectivity index (χ1) is 18.1. The topological polar surface area (TPSA) is 55.3 Å². The molecule has 2 fully saturated rings. The van der Waals surface area contributed by atoms with Gasteiger partial charge in [0.2, 0.25) is 0 Å². The highest BCUT2D eigenvalue weighted by Crippen LogP contribution is 2.41. The van der Waals surface area contributed by atoms with Crippen molar-refractivity contribution in [2.75, 3.05) is 26.3 Å². The van der Waals surface area contributed by atoms with Crippen molar-refractivity contribution in [1.29, 1.82) is 0 Å². The molecule has 2 aliphatic rings. The second kappa shape index (κ2) is 10.3. The van der Waals surface area contributed by atoms with E-state index in [9.17, 15) is 4.79 Å². The quantitative estimate of drug-likeness (QED) is 0.292. The number of fused-ring (bicyclic) bond motifs is 1. The Morgan fingerprint density at radius 1 is 0.973 bits per heavy atom. The predicted molar refractivity (Wildman–Crippen MR) is 150 cm³/mol. The number of rotatable bonds is 4. The summed E-state index contributed by atoms with van der Waals surface area (Å²) in [4.78, 5) is 26.4. The lowest BCUT2D eigenvalue weighted by Crippen LogP contribution is -2.41.